The minimum absolute atomic E-state index is 0.0345. The molecule has 9 heteroatoms. The van der Waals surface area contributed by atoms with Crippen molar-refractivity contribution < 1.29 is 9.18 Å². The van der Waals surface area contributed by atoms with E-state index in [4.69, 9.17) is 0 Å². The number of hydrogen-bond acceptors (Lipinski definition) is 6. The van der Waals surface area contributed by atoms with Crippen LogP contribution in [0.4, 0.5) is 9.52 Å². The quantitative estimate of drug-likeness (QED) is 0.563. The fourth-order valence-electron chi connectivity index (χ4n) is 3.76. The number of benzene rings is 1. The predicted octanol–water partition coefficient (Wildman–Crippen LogP) is 3.00. The second kappa shape index (κ2) is 9.15. The highest BCUT2D eigenvalue weighted by Gasteiger charge is 2.26. The summed E-state index contributed by atoms with van der Waals surface area (Å²) in [6, 6.07) is 6.59. The van der Waals surface area contributed by atoms with Crippen LogP contribution in [-0.4, -0.2) is 64.0 Å². The maximum absolute atomic E-state index is 13.3. The van der Waals surface area contributed by atoms with Crippen LogP contribution in [-0.2, 0) is 17.9 Å². The van der Waals surface area contributed by atoms with Crippen LogP contribution in [0.15, 0.2) is 43.0 Å². The highest BCUT2D eigenvalue weighted by atomic mass is 32.1. The molecule has 31 heavy (non-hydrogen) atoms. The van der Waals surface area contributed by atoms with E-state index >= 15 is 0 Å². The van der Waals surface area contributed by atoms with E-state index in [1.165, 1.54) is 12.1 Å². The summed E-state index contributed by atoms with van der Waals surface area (Å²) in [7, 11) is 3.93. The van der Waals surface area contributed by atoms with Crippen molar-refractivity contribution in [3.8, 4) is 0 Å². The zero-order valence-electron chi connectivity index (χ0n) is 18.0. The first-order valence-corrected chi connectivity index (χ1v) is 11.1. The lowest BCUT2D eigenvalue weighted by atomic mass is 10.1. The van der Waals surface area contributed by atoms with E-state index in [1.54, 1.807) is 29.8 Å². The van der Waals surface area contributed by atoms with Crippen molar-refractivity contribution in [2.45, 2.75) is 26.1 Å². The Morgan fingerprint density at radius 3 is 2.61 bits per heavy atom. The molecule has 1 aromatic carbocycles. The molecule has 164 valence electrons. The number of carbonyl (C=O) groups is 1. The van der Waals surface area contributed by atoms with Gasteiger partial charge in [0.1, 0.15) is 5.82 Å². The largest absolute Gasteiger partial charge is 0.354 e. The first kappa shape index (κ1) is 21.5. The summed E-state index contributed by atoms with van der Waals surface area (Å²) < 4.78 is 15.3. The molecule has 7 nitrogen and oxygen atoms in total. The topological polar surface area (TPSA) is 57.5 Å². The minimum Gasteiger partial charge on any atom is -0.354 e. The van der Waals surface area contributed by atoms with Gasteiger partial charge in [-0.1, -0.05) is 12.1 Å². The van der Waals surface area contributed by atoms with Crippen LogP contribution in [0.5, 0.6) is 0 Å². The van der Waals surface area contributed by atoms with Crippen molar-refractivity contribution in [3.05, 3.63) is 64.9 Å². The van der Waals surface area contributed by atoms with E-state index in [2.05, 4.69) is 26.4 Å². The molecule has 1 aliphatic heterocycles. The van der Waals surface area contributed by atoms with E-state index in [1.807, 2.05) is 36.3 Å². The summed E-state index contributed by atoms with van der Waals surface area (Å²) in [4.78, 5) is 28.6. The molecule has 0 bridgehead atoms. The van der Waals surface area contributed by atoms with Crippen LogP contribution in [0.2, 0.25) is 0 Å². The van der Waals surface area contributed by atoms with Crippen molar-refractivity contribution >= 4 is 22.4 Å². The van der Waals surface area contributed by atoms with Crippen molar-refractivity contribution in [3.63, 3.8) is 0 Å². The molecule has 0 radical (unpaired) electrons. The highest BCUT2D eigenvalue weighted by molar-refractivity contribution is 7.15. The molecule has 1 atom stereocenters. The number of rotatable bonds is 7. The maximum atomic E-state index is 13.3. The molecule has 0 spiro atoms. The zero-order chi connectivity index (χ0) is 22.0. The smallest absolute Gasteiger partial charge is 0.237 e. The summed E-state index contributed by atoms with van der Waals surface area (Å²) in [6.07, 6.45) is 5.50. The minimum atomic E-state index is -0.241. The number of carbonyl (C=O) groups excluding carboxylic acids is 1. The number of amides is 1. The van der Waals surface area contributed by atoms with Gasteiger partial charge in [-0.05, 0) is 24.6 Å². The van der Waals surface area contributed by atoms with E-state index in [0.29, 0.717) is 26.2 Å². The van der Waals surface area contributed by atoms with E-state index in [0.717, 1.165) is 27.8 Å². The molecule has 2 aromatic heterocycles. The second-order valence-corrected chi connectivity index (χ2v) is 9.14. The SMILES string of the molecule is CC(c1ccc(F)cc1)n1cncc1CN1CCN(Cc2cnc(N(C)C)s2)C(=O)C1. The van der Waals surface area contributed by atoms with E-state index in [9.17, 15) is 9.18 Å². The summed E-state index contributed by atoms with van der Waals surface area (Å²) in [5.41, 5.74) is 2.05. The Bertz CT molecular complexity index is 1030. The molecule has 1 fully saturated rings. The van der Waals surface area contributed by atoms with Gasteiger partial charge in [0.25, 0.3) is 0 Å². The number of halogens is 1. The van der Waals surface area contributed by atoms with Crippen LogP contribution in [0.1, 0.15) is 29.1 Å². The number of imidazole rings is 1. The normalized spacial score (nSPS) is 16.0. The number of aromatic nitrogens is 3. The Kier molecular flexibility index (Phi) is 6.33. The lowest BCUT2D eigenvalue weighted by molar-refractivity contribution is -0.136. The molecule has 0 N–H and O–H groups in total. The fraction of sp³-hybridized carbons (Fsp3) is 0.409. The van der Waals surface area contributed by atoms with Crippen LogP contribution < -0.4 is 4.90 Å². The maximum Gasteiger partial charge on any atom is 0.237 e. The van der Waals surface area contributed by atoms with Crippen molar-refractivity contribution in [2.24, 2.45) is 0 Å². The van der Waals surface area contributed by atoms with Gasteiger partial charge in [-0.25, -0.2) is 14.4 Å². The van der Waals surface area contributed by atoms with Gasteiger partial charge in [0.15, 0.2) is 5.13 Å². The molecule has 3 aromatic rings. The predicted molar refractivity (Wildman–Crippen MR) is 120 cm³/mol. The second-order valence-electron chi connectivity index (χ2n) is 8.05. The van der Waals surface area contributed by atoms with Gasteiger partial charge in [-0.15, -0.1) is 11.3 Å². The Labute approximate surface area is 185 Å². The number of piperazine rings is 1. The average Bonchev–Trinajstić information content (AvgIpc) is 3.40. The zero-order valence-corrected chi connectivity index (χ0v) is 18.8. The Morgan fingerprint density at radius 1 is 1.16 bits per heavy atom. The first-order valence-electron chi connectivity index (χ1n) is 10.3. The van der Waals surface area contributed by atoms with Gasteiger partial charge in [-0.3, -0.25) is 9.69 Å². The van der Waals surface area contributed by atoms with Crippen molar-refractivity contribution in [1.29, 1.82) is 0 Å². The van der Waals surface area contributed by atoms with Gasteiger partial charge in [0.2, 0.25) is 5.91 Å². The van der Waals surface area contributed by atoms with Gasteiger partial charge < -0.3 is 14.4 Å². The third-order valence-corrected chi connectivity index (χ3v) is 6.72. The lowest BCUT2D eigenvalue weighted by Gasteiger charge is -2.34. The average molecular weight is 443 g/mol. The summed E-state index contributed by atoms with van der Waals surface area (Å²) in [6.45, 7) is 5.21. The molecule has 1 aliphatic rings. The van der Waals surface area contributed by atoms with Gasteiger partial charge in [0, 0.05) is 51.0 Å². The van der Waals surface area contributed by atoms with Crippen molar-refractivity contribution in [2.75, 3.05) is 38.6 Å². The molecule has 1 saturated heterocycles. The van der Waals surface area contributed by atoms with E-state index < -0.39 is 0 Å². The van der Waals surface area contributed by atoms with Gasteiger partial charge in [0.05, 0.1) is 31.2 Å². The third kappa shape index (κ3) is 4.94. The molecule has 0 aliphatic carbocycles. The van der Waals surface area contributed by atoms with Gasteiger partial charge >= 0.3 is 0 Å². The molecular weight excluding hydrogens is 415 g/mol. The Morgan fingerprint density at radius 2 is 1.94 bits per heavy atom. The molecule has 1 unspecified atom stereocenters. The first-order chi connectivity index (χ1) is 14.9. The monoisotopic (exact) mass is 442 g/mol. The summed E-state index contributed by atoms with van der Waals surface area (Å²) in [5, 5.41) is 0.949. The van der Waals surface area contributed by atoms with Crippen LogP contribution in [0.3, 0.4) is 0 Å². The number of hydrogen-bond donors (Lipinski definition) is 0. The van der Waals surface area contributed by atoms with Gasteiger partial charge in [-0.2, -0.15) is 0 Å². The highest BCUT2D eigenvalue weighted by Crippen LogP contribution is 2.24. The summed E-state index contributed by atoms with van der Waals surface area (Å²) >= 11 is 1.62. The van der Waals surface area contributed by atoms with Crippen LogP contribution in [0, 0.1) is 5.82 Å². The standard InChI is InChI=1S/C22H27FN6OS/c1-16(17-4-6-18(23)7-5-17)29-15-24-10-19(29)12-27-8-9-28(21(30)14-27)13-20-11-25-22(31-20)26(2)3/h4-7,10-11,15-16H,8-9,12-14H2,1-3H3. The van der Waals surface area contributed by atoms with Crippen LogP contribution >= 0.6 is 11.3 Å². The Hall–Kier alpha value is -2.78. The molecular formula is C22H27FN6OS. The van der Waals surface area contributed by atoms with E-state index in [-0.39, 0.29) is 17.8 Å². The molecule has 1 amide bonds. The Balaban J connectivity index is 1.37. The molecule has 4 rings (SSSR count). The number of anilines is 1. The van der Waals surface area contributed by atoms with Crippen LogP contribution in [0.25, 0.3) is 0 Å². The lowest BCUT2D eigenvalue weighted by Crippen LogP contribution is -2.49. The summed E-state index contributed by atoms with van der Waals surface area (Å²) in [5.74, 6) is -0.113. The number of nitrogens with zero attached hydrogens (tertiary/aromatic N) is 6. The van der Waals surface area contributed by atoms with Crippen molar-refractivity contribution in [1.82, 2.24) is 24.3 Å². The fourth-order valence-corrected chi connectivity index (χ4v) is 4.61. The number of thiazole rings is 1. The third-order valence-electron chi connectivity index (χ3n) is 5.57. The molecule has 0 saturated carbocycles. The molecule has 3 heterocycles.